The van der Waals surface area contributed by atoms with Crippen molar-refractivity contribution in [2.45, 2.75) is 19.3 Å². The van der Waals surface area contributed by atoms with Gasteiger partial charge in [0.2, 0.25) is 0 Å². The van der Waals surface area contributed by atoms with Gasteiger partial charge < -0.3 is 4.74 Å². The molecule has 0 bridgehead atoms. The molecule has 1 aromatic rings. The van der Waals surface area contributed by atoms with Crippen molar-refractivity contribution in [3.05, 3.63) is 47.7 Å². The molecule has 68 valence electrons. The fourth-order valence-corrected chi connectivity index (χ4v) is 1.57. The average molecular weight is 174 g/mol. The number of hydrogen-bond acceptors (Lipinski definition) is 1. The maximum absolute atomic E-state index is 5.19. The highest BCUT2D eigenvalue weighted by Crippen LogP contribution is 2.22. The molecule has 0 saturated carbocycles. The number of benzene rings is 1. The first-order valence-electron chi connectivity index (χ1n) is 4.77. The number of hydrogen-bond donors (Lipinski definition) is 0. The van der Waals surface area contributed by atoms with Gasteiger partial charge in [-0.2, -0.15) is 0 Å². The van der Waals surface area contributed by atoms with E-state index in [1.165, 1.54) is 11.1 Å². The molecule has 0 fully saturated rings. The predicted octanol–water partition coefficient (Wildman–Crippen LogP) is 2.88. The Morgan fingerprint density at radius 1 is 1.31 bits per heavy atom. The topological polar surface area (TPSA) is 9.23 Å². The van der Waals surface area contributed by atoms with Gasteiger partial charge in [-0.05, 0) is 23.6 Å². The molecule has 13 heavy (non-hydrogen) atoms. The zero-order chi connectivity index (χ0) is 9.10. The Balaban J connectivity index is 2.17. The van der Waals surface area contributed by atoms with E-state index in [0.717, 1.165) is 13.0 Å². The summed E-state index contributed by atoms with van der Waals surface area (Å²) in [6, 6.07) is 8.79. The van der Waals surface area contributed by atoms with Crippen LogP contribution in [0.2, 0.25) is 0 Å². The molecule has 0 aliphatic carbocycles. The van der Waals surface area contributed by atoms with Crippen LogP contribution in [-0.2, 0) is 11.2 Å². The Morgan fingerprint density at radius 3 is 2.62 bits per heavy atom. The zero-order valence-corrected chi connectivity index (χ0v) is 7.86. The van der Waals surface area contributed by atoms with Gasteiger partial charge in [-0.1, -0.05) is 31.2 Å². The molecule has 0 amide bonds. The fourth-order valence-electron chi connectivity index (χ4n) is 1.57. The first-order valence-corrected chi connectivity index (χ1v) is 4.77. The Labute approximate surface area is 79.0 Å². The van der Waals surface area contributed by atoms with E-state index in [4.69, 9.17) is 4.74 Å². The second kappa shape index (κ2) is 3.65. The van der Waals surface area contributed by atoms with E-state index in [2.05, 4.69) is 37.3 Å². The van der Waals surface area contributed by atoms with Crippen LogP contribution in [0.15, 0.2) is 36.6 Å². The van der Waals surface area contributed by atoms with E-state index in [-0.39, 0.29) is 0 Å². The lowest BCUT2D eigenvalue weighted by atomic mass is 9.99. The van der Waals surface area contributed by atoms with Crippen molar-refractivity contribution in [1.29, 1.82) is 0 Å². The van der Waals surface area contributed by atoms with Crippen LogP contribution in [0.5, 0.6) is 0 Å². The molecule has 0 N–H and O–H groups in total. The normalized spacial score (nSPS) is 20.2. The van der Waals surface area contributed by atoms with Crippen molar-refractivity contribution >= 4 is 0 Å². The van der Waals surface area contributed by atoms with Gasteiger partial charge in [0.15, 0.2) is 0 Å². The maximum Gasteiger partial charge on any atom is 0.0977 e. The number of rotatable bonds is 2. The van der Waals surface area contributed by atoms with E-state index in [1.54, 1.807) is 6.26 Å². The Kier molecular flexibility index (Phi) is 2.35. The van der Waals surface area contributed by atoms with Crippen LogP contribution < -0.4 is 0 Å². The van der Waals surface area contributed by atoms with Gasteiger partial charge in [0.05, 0.1) is 12.9 Å². The summed E-state index contributed by atoms with van der Waals surface area (Å²) in [5.74, 6) is 0.464. The summed E-state index contributed by atoms with van der Waals surface area (Å²) in [6.45, 7) is 2.97. The molecule has 2 rings (SSSR count). The lowest BCUT2D eigenvalue weighted by molar-refractivity contribution is 0.269. The molecule has 0 aromatic heterocycles. The standard InChI is InChI=1S/C12H14O/c1-2-10-3-5-11(6-4-10)12-7-8-13-9-12/h3-8,12H,2,9H2,1H3. The van der Waals surface area contributed by atoms with Crippen molar-refractivity contribution in [3.8, 4) is 0 Å². The van der Waals surface area contributed by atoms with Crippen LogP contribution in [0.4, 0.5) is 0 Å². The summed E-state index contributed by atoms with van der Waals surface area (Å²) < 4.78 is 5.19. The summed E-state index contributed by atoms with van der Waals surface area (Å²) >= 11 is 0. The summed E-state index contributed by atoms with van der Waals surface area (Å²) in [7, 11) is 0. The summed E-state index contributed by atoms with van der Waals surface area (Å²) in [4.78, 5) is 0. The predicted molar refractivity (Wildman–Crippen MR) is 53.7 cm³/mol. The maximum atomic E-state index is 5.19. The minimum absolute atomic E-state index is 0.464. The van der Waals surface area contributed by atoms with Gasteiger partial charge in [-0.3, -0.25) is 0 Å². The number of aryl methyl sites for hydroxylation is 1. The van der Waals surface area contributed by atoms with E-state index < -0.39 is 0 Å². The van der Waals surface area contributed by atoms with Gasteiger partial charge in [0.25, 0.3) is 0 Å². The molecular weight excluding hydrogens is 160 g/mol. The zero-order valence-electron chi connectivity index (χ0n) is 7.86. The largest absolute Gasteiger partial charge is 0.501 e. The first kappa shape index (κ1) is 8.36. The summed E-state index contributed by atoms with van der Waals surface area (Å²) in [5.41, 5.74) is 2.75. The molecule has 1 aliphatic rings. The van der Waals surface area contributed by atoms with Crippen LogP contribution in [0.3, 0.4) is 0 Å². The van der Waals surface area contributed by atoms with E-state index in [0.29, 0.717) is 5.92 Å². The van der Waals surface area contributed by atoms with Crippen molar-refractivity contribution < 1.29 is 4.74 Å². The number of ether oxygens (including phenoxy) is 1. The third-order valence-electron chi connectivity index (χ3n) is 2.50. The second-order valence-corrected chi connectivity index (χ2v) is 3.36. The Morgan fingerprint density at radius 2 is 2.08 bits per heavy atom. The monoisotopic (exact) mass is 174 g/mol. The SMILES string of the molecule is CCc1ccc(C2C=COC2)cc1. The molecule has 1 aromatic carbocycles. The Bertz CT molecular complexity index is 297. The van der Waals surface area contributed by atoms with Crippen molar-refractivity contribution in [1.82, 2.24) is 0 Å². The fraction of sp³-hybridized carbons (Fsp3) is 0.333. The Hall–Kier alpha value is -1.24. The third-order valence-corrected chi connectivity index (χ3v) is 2.50. The van der Waals surface area contributed by atoms with E-state index in [1.807, 2.05) is 0 Å². The summed E-state index contributed by atoms with van der Waals surface area (Å²) in [5, 5.41) is 0. The van der Waals surface area contributed by atoms with Crippen molar-refractivity contribution in [3.63, 3.8) is 0 Å². The minimum atomic E-state index is 0.464. The molecule has 0 spiro atoms. The second-order valence-electron chi connectivity index (χ2n) is 3.36. The molecule has 1 nitrogen and oxygen atoms in total. The first-order chi connectivity index (χ1) is 6.40. The smallest absolute Gasteiger partial charge is 0.0977 e. The lowest BCUT2D eigenvalue weighted by Crippen LogP contribution is -1.97. The molecule has 1 unspecified atom stereocenters. The van der Waals surface area contributed by atoms with Crippen LogP contribution in [0, 0.1) is 0 Å². The molecule has 1 heterocycles. The van der Waals surface area contributed by atoms with Gasteiger partial charge >= 0.3 is 0 Å². The highest BCUT2D eigenvalue weighted by Gasteiger charge is 2.11. The van der Waals surface area contributed by atoms with Crippen LogP contribution in [-0.4, -0.2) is 6.61 Å². The van der Waals surface area contributed by atoms with Crippen LogP contribution in [0.25, 0.3) is 0 Å². The lowest BCUT2D eigenvalue weighted by Gasteiger charge is -2.07. The highest BCUT2D eigenvalue weighted by atomic mass is 16.5. The molecule has 0 saturated heterocycles. The van der Waals surface area contributed by atoms with E-state index in [9.17, 15) is 0 Å². The van der Waals surface area contributed by atoms with Crippen molar-refractivity contribution in [2.24, 2.45) is 0 Å². The quantitative estimate of drug-likeness (QED) is 0.670. The van der Waals surface area contributed by atoms with Gasteiger partial charge in [0, 0.05) is 5.92 Å². The minimum Gasteiger partial charge on any atom is -0.501 e. The molecule has 0 radical (unpaired) electrons. The molecular formula is C12H14O. The van der Waals surface area contributed by atoms with Crippen LogP contribution in [0.1, 0.15) is 24.0 Å². The molecule has 1 atom stereocenters. The van der Waals surface area contributed by atoms with Crippen LogP contribution >= 0.6 is 0 Å². The average Bonchev–Trinajstić information content (AvgIpc) is 2.71. The highest BCUT2D eigenvalue weighted by molar-refractivity contribution is 5.28. The van der Waals surface area contributed by atoms with E-state index >= 15 is 0 Å². The van der Waals surface area contributed by atoms with Gasteiger partial charge in [-0.15, -0.1) is 0 Å². The van der Waals surface area contributed by atoms with Gasteiger partial charge in [0.1, 0.15) is 0 Å². The van der Waals surface area contributed by atoms with Crippen molar-refractivity contribution in [2.75, 3.05) is 6.61 Å². The third kappa shape index (κ3) is 1.74. The summed E-state index contributed by atoms with van der Waals surface area (Å²) in [6.07, 6.45) is 5.01. The molecule has 1 heteroatoms. The van der Waals surface area contributed by atoms with Gasteiger partial charge in [-0.25, -0.2) is 0 Å². The molecule has 1 aliphatic heterocycles.